The Hall–Kier alpha value is -3.31. The van der Waals surface area contributed by atoms with Gasteiger partial charge in [-0.1, -0.05) is 54.6 Å². The summed E-state index contributed by atoms with van der Waals surface area (Å²) in [6.45, 7) is 0.581. The van der Waals surface area contributed by atoms with Crippen LogP contribution in [0.1, 0.15) is 34.2 Å². The van der Waals surface area contributed by atoms with E-state index in [9.17, 15) is 0 Å². The number of hydrogen-bond donors (Lipinski definition) is 0. The summed E-state index contributed by atoms with van der Waals surface area (Å²) in [5, 5.41) is 8.98. The van der Waals surface area contributed by atoms with Crippen LogP contribution >= 0.6 is 0 Å². The Kier molecular flexibility index (Phi) is 4.53. The Balaban J connectivity index is 1.56. The van der Waals surface area contributed by atoms with Crippen LogP contribution in [0.15, 0.2) is 78.9 Å². The van der Waals surface area contributed by atoms with Crippen molar-refractivity contribution < 1.29 is 4.74 Å². The molecule has 1 aliphatic rings. The van der Waals surface area contributed by atoms with Gasteiger partial charge < -0.3 is 4.74 Å². The number of rotatable bonds is 4. The molecule has 0 heterocycles. The van der Waals surface area contributed by atoms with Gasteiger partial charge in [-0.25, -0.2) is 0 Å². The summed E-state index contributed by atoms with van der Waals surface area (Å²) in [4.78, 5) is 0. The molecule has 0 saturated heterocycles. The second-order valence-corrected chi connectivity index (χ2v) is 6.44. The Labute approximate surface area is 154 Å². The van der Waals surface area contributed by atoms with Crippen molar-refractivity contribution in [2.24, 2.45) is 0 Å². The molecule has 0 radical (unpaired) electrons. The van der Waals surface area contributed by atoms with Gasteiger partial charge in [0, 0.05) is 0 Å². The van der Waals surface area contributed by atoms with E-state index < -0.39 is 0 Å². The molecule has 2 nitrogen and oxygen atoms in total. The molecule has 0 N–H and O–H groups in total. The highest BCUT2D eigenvalue weighted by molar-refractivity contribution is 5.83. The van der Waals surface area contributed by atoms with Crippen molar-refractivity contribution in [2.45, 2.75) is 19.4 Å². The first-order valence-corrected chi connectivity index (χ1v) is 8.84. The van der Waals surface area contributed by atoms with Gasteiger partial charge in [-0.3, -0.25) is 0 Å². The van der Waals surface area contributed by atoms with Gasteiger partial charge >= 0.3 is 0 Å². The lowest BCUT2D eigenvalue weighted by molar-refractivity contribution is 0.306. The topological polar surface area (TPSA) is 33.0 Å². The Morgan fingerprint density at radius 1 is 0.923 bits per heavy atom. The van der Waals surface area contributed by atoms with E-state index in [0.717, 1.165) is 24.2 Å². The van der Waals surface area contributed by atoms with Crippen LogP contribution in [0.3, 0.4) is 0 Å². The van der Waals surface area contributed by atoms with Gasteiger partial charge in [0.1, 0.15) is 12.4 Å². The summed E-state index contributed by atoms with van der Waals surface area (Å²) < 4.78 is 5.97. The lowest BCUT2D eigenvalue weighted by atomic mass is 9.86. The fourth-order valence-corrected chi connectivity index (χ4v) is 3.35. The minimum absolute atomic E-state index is 0.581. The van der Waals surface area contributed by atoms with E-state index in [4.69, 9.17) is 10.00 Å². The molecule has 0 unspecified atom stereocenters. The fourth-order valence-electron chi connectivity index (χ4n) is 3.35. The summed E-state index contributed by atoms with van der Waals surface area (Å²) in [6, 6.07) is 26.6. The first kappa shape index (κ1) is 16.2. The van der Waals surface area contributed by atoms with E-state index in [1.165, 1.54) is 22.3 Å². The summed E-state index contributed by atoms with van der Waals surface area (Å²) in [7, 11) is 0. The van der Waals surface area contributed by atoms with Crippen LogP contribution in [0.4, 0.5) is 0 Å². The number of ether oxygens (including phenoxy) is 1. The third-order valence-corrected chi connectivity index (χ3v) is 4.70. The molecule has 3 aromatic carbocycles. The monoisotopic (exact) mass is 337 g/mol. The normalized spacial score (nSPS) is 12.7. The maximum atomic E-state index is 8.98. The van der Waals surface area contributed by atoms with Crippen LogP contribution in [0.25, 0.3) is 5.57 Å². The van der Waals surface area contributed by atoms with Crippen LogP contribution in [0, 0.1) is 11.3 Å². The molecule has 126 valence electrons. The molecule has 0 bridgehead atoms. The van der Waals surface area contributed by atoms with Crippen molar-refractivity contribution in [3.63, 3.8) is 0 Å². The summed E-state index contributed by atoms with van der Waals surface area (Å²) in [6.07, 6.45) is 4.33. The van der Waals surface area contributed by atoms with Gasteiger partial charge in [-0.2, -0.15) is 5.26 Å². The van der Waals surface area contributed by atoms with Crippen LogP contribution in [0.5, 0.6) is 5.75 Å². The SMILES string of the molecule is N#Cc1ccc(C2=CCCc3cc(OCc4ccccc4)ccc32)cc1. The molecular formula is C24H19NO. The van der Waals surface area contributed by atoms with Gasteiger partial charge in [-0.05, 0) is 64.9 Å². The predicted octanol–water partition coefficient (Wildman–Crippen LogP) is 5.52. The van der Waals surface area contributed by atoms with Gasteiger partial charge in [0.05, 0.1) is 11.6 Å². The van der Waals surface area contributed by atoms with Gasteiger partial charge in [-0.15, -0.1) is 0 Å². The smallest absolute Gasteiger partial charge is 0.120 e. The second kappa shape index (κ2) is 7.29. The molecule has 0 aromatic heterocycles. The first-order valence-electron chi connectivity index (χ1n) is 8.84. The lowest BCUT2D eigenvalue weighted by Gasteiger charge is -2.19. The Morgan fingerprint density at radius 2 is 1.73 bits per heavy atom. The van der Waals surface area contributed by atoms with E-state index in [1.807, 2.05) is 48.5 Å². The molecule has 3 aromatic rings. The average Bonchev–Trinajstić information content (AvgIpc) is 2.72. The molecule has 4 rings (SSSR count). The molecule has 0 spiro atoms. The molecule has 0 fully saturated rings. The van der Waals surface area contributed by atoms with Crippen molar-refractivity contribution in [2.75, 3.05) is 0 Å². The highest BCUT2D eigenvalue weighted by atomic mass is 16.5. The molecule has 26 heavy (non-hydrogen) atoms. The predicted molar refractivity (Wildman–Crippen MR) is 104 cm³/mol. The van der Waals surface area contributed by atoms with E-state index >= 15 is 0 Å². The molecular weight excluding hydrogens is 318 g/mol. The van der Waals surface area contributed by atoms with Crippen molar-refractivity contribution in [3.8, 4) is 11.8 Å². The maximum Gasteiger partial charge on any atom is 0.120 e. The zero-order chi connectivity index (χ0) is 17.8. The highest BCUT2D eigenvalue weighted by Crippen LogP contribution is 2.34. The minimum atomic E-state index is 0.581. The van der Waals surface area contributed by atoms with Crippen LogP contribution in [0.2, 0.25) is 0 Å². The summed E-state index contributed by atoms with van der Waals surface area (Å²) in [5.74, 6) is 0.911. The molecule has 0 atom stereocenters. The number of benzene rings is 3. The third-order valence-electron chi connectivity index (χ3n) is 4.70. The highest BCUT2D eigenvalue weighted by Gasteiger charge is 2.15. The van der Waals surface area contributed by atoms with E-state index in [-0.39, 0.29) is 0 Å². The zero-order valence-corrected chi connectivity index (χ0v) is 14.5. The second-order valence-electron chi connectivity index (χ2n) is 6.44. The summed E-state index contributed by atoms with van der Waals surface area (Å²) >= 11 is 0. The molecule has 2 heteroatoms. The quantitative estimate of drug-likeness (QED) is 0.628. The van der Waals surface area contributed by atoms with Crippen LogP contribution < -0.4 is 4.74 Å². The first-order chi connectivity index (χ1) is 12.8. The molecule has 1 aliphatic carbocycles. The number of allylic oxidation sites excluding steroid dienone is 1. The fraction of sp³-hybridized carbons (Fsp3) is 0.125. The number of hydrogen-bond acceptors (Lipinski definition) is 2. The molecule has 0 aliphatic heterocycles. The molecule has 0 amide bonds. The number of fused-ring (bicyclic) bond motifs is 1. The van der Waals surface area contributed by atoms with Gasteiger partial charge in [0.15, 0.2) is 0 Å². The van der Waals surface area contributed by atoms with Crippen molar-refractivity contribution in [3.05, 3.63) is 107 Å². The van der Waals surface area contributed by atoms with Crippen molar-refractivity contribution in [1.82, 2.24) is 0 Å². The van der Waals surface area contributed by atoms with E-state index in [1.54, 1.807) is 0 Å². The van der Waals surface area contributed by atoms with Crippen LogP contribution in [-0.4, -0.2) is 0 Å². The number of aryl methyl sites for hydroxylation is 1. The van der Waals surface area contributed by atoms with Crippen molar-refractivity contribution in [1.29, 1.82) is 5.26 Å². The zero-order valence-electron chi connectivity index (χ0n) is 14.5. The minimum Gasteiger partial charge on any atom is -0.489 e. The largest absolute Gasteiger partial charge is 0.489 e. The molecule has 0 saturated carbocycles. The number of nitriles is 1. The lowest BCUT2D eigenvalue weighted by Crippen LogP contribution is -2.03. The Bertz CT molecular complexity index is 979. The summed E-state index contributed by atoms with van der Waals surface area (Å²) in [5.41, 5.74) is 6.83. The Morgan fingerprint density at radius 3 is 2.50 bits per heavy atom. The van der Waals surface area contributed by atoms with Crippen molar-refractivity contribution >= 4 is 5.57 Å². The maximum absolute atomic E-state index is 8.98. The van der Waals surface area contributed by atoms with E-state index in [2.05, 4.69) is 36.4 Å². The van der Waals surface area contributed by atoms with Gasteiger partial charge in [0.25, 0.3) is 0 Å². The third kappa shape index (κ3) is 3.38. The number of nitrogens with zero attached hydrogens (tertiary/aromatic N) is 1. The average molecular weight is 337 g/mol. The van der Waals surface area contributed by atoms with E-state index in [0.29, 0.717) is 12.2 Å². The standard InChI is InChI=1S/C24H19NO/c25-16-18-9-11-20(12-10-18)23-8-4-7-21-15-22(13-14-24(21)23)26-17-19-5-2-1-3-6-19/h1-3,5-6,8-15H,4,7,17H2. The van der Waals surface area contributed by atoms with Gasteiger partial charge in [0.2, 0.25) is 0 Å². The van der Waals surface area contributed by atoms with Crippen LogP contribution in [-0.2, 0) is 13.0 Å².